The molecule has 5 heterocycles. The summed E-state index contributed by atoms with van der Waals surface area (Å²) in [4.78, 5) is 51.9. The van der Waals surface area contributed by atoms with E-state index in [1.807, 2.05) is 37.0 Å². The molecule has 2 aromatic carbocycles. The average Bonchev–Trinajstić information content (AvgIpc) is 3.51. The second kappa shape index (κ2) is 11.6. The summed E-state index contributed by atoms with van der Waals surface area (Å²) >= 11 is 6.51. The largest absolute Gasteiger partial charge is 0.369 e. The van der Waals surface area contributed by atoms with Gasteiger partial charge in [0.1, 0.15) is 5.02 Å². The minimum absolute atomic E-state index is 0.0767. The molecule has 0 bridgehead atoms. The van der Waals surface area contributed by atoms with Gasteiger partial charge in [0.15, 0.2) is 5.82 Å². The van der Waals surface area contributed by atoms with Crippen molar-refractivity contribution in [3.63, 3.8) is 0 Å². The van der Waals surface area contributed by atoms with E-state index in [2.05, 4.69) is 50.5 Å². The Bertz CT molecular complexity index is 1890. The van der Waals surface area contributed by atoms with Crippen LogP contribution in [-0.2, 0) is 27.9 Å². The predicted octanol–water partition coefficient (Wildman–Crippen LogP) is 4.29. The van der Waals surface area contributed by atoms with E-state index in [1.54, 1.807) is 18.1 Å². The molecule has 0 saturated carbocycles. The number of aryl methyl sites for hydroxylation is 1. The molecule has 12 nitrogen and oxygen atoms in total. The molecule has 7 rings (SSSR count). The number of anilines is 5. The van der Waals surface area contributed by atoms with Crippen LogP contribution >= 0.6 is 11.6 Å². The van der Waals surface area contributed by atoms with Crippen molar-refractivity contribution in [3.8, 4) is 0 Å². The first-order valence-electron chi connectivity index (χ1n) is 15.6. The second-order valence-corrected chi connectivity index (χ2v) is 12.9. The number of halogens is 1. The van der Waals surface area contributed by atoms with Gasteiger partial charge < -0.3 is 20.0 Å². The average molecular weight is 642 g/mol. The monoisotopic (exact) mass is 641 g/mol. The molecule has 2 N–H and O–H groups in total. The number of aromatic nitrogens is 4. The first-order valence-corrected chi connectivity index (χ1v) is 15.9. The molecule has 0 radical (unpaired) electrons. The second-order valence-electron chi connectivity index (χ2n) is 12.5. The fourth-order valence-corrected chi connectivity index (χ4v) is 7.15. The summed E-state index contributed by atoms with van der Waals surface area (Å²) < 4.78 is 1.83. The van der Waals surface area contributed by atoms with Crippen LogP contribution in [0.15, 0.2) is 42.6 Å². The maximum atomic E-state index is 12.6. The molecule has 3 amide bonds. The van der Waals surface area contributed by atoms with Gasteiger partial charge in [0.05, 0.1) is 29.7 Å². The number of benzene rings is 2. The highest BCUT2D eigenvalue weighted by atomic mass is 35.5. The predicted molar refractivity (Wildman–Crippen MR) is 178 cm³/mol. The van der Waals surface area contributed by atoms with E-state index in [4.69, 9.17) is 21.7 Å². The number of likely N-dealkylation sites (N-methyl/N-ethyl adjacent to an activating group) is 1. The van der Waals surface area contributed by atoms with Crippen LogP contribution in [0.1, 0.15) is 49.8 Å². The van der Waals surface area contributed by atoms with E-state index in [9.17, 15) is 14.4 Å². The van der Waals surface area contributed by atoms with Crippen LogP contribution < -0.4 is 25.3 Å². The van der Waals surface area contributed by atoms with E-state index in [0.717, 1.165) is 58.6 Å². The Hall–Kier alpha value is -4.71. The van der Waals surface area contributed by atoms with Crippen LogP contribution in [0.3, 0.4) is 0 Å². The summed E-state index contributed by atoms with van der Waals surface area (Å²) in [6.45, 7) is 3.08. The van der Waals surface area contributed by atoms with E-state index in [-0.39, 0.29) is 29.8 Å². The number of hydrogen-bond acceptors (Lipinski definition) is 9. The van der Waals surface area contributed by atoms with Crippen molar-refractivity contribution in [2.75, 3.05) is 40.7 Å². The third-order valence-electron chi connectivity index (χ3n) is 9.63. The number of amides is 3. The van der Waals surface area contributed by atoms with Gasteiger partial charge in [0.25, 0.3) is 0 Å². The third kappa shape index (κ3) is 5.30. The summed E-state index contributed by atoms with van der Waals surface area (Å²) in [5, 5.41) is 11.8. The highest BCUT2D eigenvalue weighted by Gasteiger charge is 2.33. The molecule has 2 saturated heterocycles. The summed E-state index contributed by atoms with van der Waals surface area (Å²) in [5.74, 6) is 0.252. The molecule has 1 unspecified atom stereocenters. The van der Waals surface area contributed by atoms with Gasteiger partial charge in [-0.1, -0.05) is 11.6 Å². The molecule has 238 valence electrons. The third-order valence-corrected chi connectivity index (χ3v) is 9.90. The number of carbonyl (C=O) groups is 3. The summed E-state index contributed by atoms with van der Waals surface area (Å²) in [6, 6.07) is 12.6. The Morgan fingerprint density at radius 1 is 1.09 bits per heavy atom. The number of carbonyl (C=O) groups excluding carboxylic acids is 3. The molecular formula is C33H36ClN9O3. The Morgan fingerprint density at radius 2 is 1.91 bits per heavy atom. The van der Waals surface area contributed by atoms with E-state index in [1.165, 1.54) is 0 Å². The van der Waals surface area contributed by atoms with Crippen molar-refractivity contribution in [3.05, 3.63) is 58.9 Å². The van der Waals surface area contributed by atoms with Crippen molar-refractivity contribution in [1.82, 2.24) is 25.1 Å². The topological polar surface area (TPSA) is 129 Å². The quantitative estimate of drug-likeness (QED) is 0.296. The van der Waals surface area contributed by atoms with Crippen molar-refractivity contribution in [2.24, 2.45) is 7.05 Å². The smallest absolute Gasteiger partial charge is 0.235 e. The van der Waals surface area contributed by atoms with Crippen LogP contribution in [0, 0.1) is 0 Å². The van der Waals surface area contributed by atoms with Gasteiger partial charge in [-0.25, -0.2) is 4.98 Å². The van der Waals surface area contributed by atoms with Gasteiger partial charge in [-0.05, 0) is 68.1 Å². The molecule has 3 atom stereocenters. The molecule has 0 aliphatic carbocycles. The van der Waals surface area contributed by atoms with E-state index < -0.39 is 5.92 Å². The van der Waals surface area contributed by atoms with Gasteiger partial charge in [0.2, 0.25) is 23.7 Å². The highest BCUT2D eigenvalue weighted by molar-refractivity contribution is 6.32. The molecule has 2 aromatic heterocycles. The highest BCUT2D eigenvalue weighted by Crippen LogP contribution is 2.36. The number of hydrogen-bond donors (Lipinski definition) is 2. The lowest BCUT2D eigenvalue weighted by Crippen LogP contribution is -2.48. The van der Waals surface area contributed by atoms with Gasteiger partial charge in [-0.2, -0.15) is 10.1 Å². The van der Waals surface area contributed by atoms with Crippen molar-refractivity contribution < 1.29 is 14.4 Å². The molecule has 3 aliphatic heterocycles. The zero-order valence-electron chi connectivity index (χ0n) is 26.2. The summed E-state index contributed by atoms with van der Waals surface area (Å²) in [6.07, 6.45) is 4.61. The zero-order chi connectivity index (χ0) is 32.3. The Labute approximate surface area is 271 Å². The Balaban J connectivity index is 1.05. The molecule has 13 heteroatoms. The van der Waals surface area contributed by atoms with Crippen LogP contribution in [0.25, 0.3) is 10.9 Å². The van der Waals surface area contributed by atoms with Crippen LogP contribution in [0.5, 0.6) is 0 Å². The molecule has 46 heavy (non-hydrogen) atoms. The fourth-order valence-electron chi connectivity index (χ4n) is 7.01. The zero-order valence-corrected chi connectivity index (χ0v) is 27.0. The van der Waals surface area contributed by atoms with Crippen molar-refractivity contribution in [2.45, 2.75) is 57.0 Å². The Morgan fingerprint density at radius 3 is 2.70 bits per heavy atom. The molecule has 2 fully saturated rings. The van der Waals surface area contributed by atoms with Crippen LogP contribution in [-0.4, -0.2) is 70.2 Å². The van der Waals surface area contributed by atoms with Gasteiger partial charge >= 0.3 is 0 Å². The number of rotatable bonds is 6. The first-order chi connectivity index (χ1) is 22.1. The Kier molecular flexibility index (Phi) is 7.54. The summed E-state index contributed by atoms with van der Waals surface area (Å²) in [5.41, 5.74) is 5.49. The fraction of sp³-hybridized carbons (Fsp3) is 0.394. The number of piperidine rings is 2. The first kappa shape index (κ1) is 30.0. The number of nitrogens with zero attached hydrogens (tertiary/aromatic N) is 7. The van der Waals surface area contributed by atoms with E-state index in [0.29, 0.717) is 36.1 Å². The molecular weight excluding hydrogens is 606 g/mol. The van der Waals surface area contributed by atoms with Crippen molar-refractivity contribution in [1.29, 1.82) is 0 Å². The molecule has 4 aromatic rings. The summed E-state index contributed by atoms with van der Waals surface area (Å²) in [7, 11) is 5.71. The lowest BCUT2D eigenvalue weighted by atomic mass is 9.92. The van der Waals surface area contributed by atoms with Crippen LogP contribution in [0.4, 0.5) is 28.8 Å². The van der Waals surface area contributed by atoms with Gasteiger partial charge in [-0.3, -0.25) is 24.4 Å². The lowest BCUT2D eigenvalue weighted by Gasteiger charge is -2.42. The number of fused-ring (bicyclic) bond motifs is 2. The standard InChI is InChI=1S/C33H36ClN9O3/c1-18-13-21(40(2)33-35-17-25(34)31(38-33)36-20-5-9-26-19(14-20)15-29(45)41(26)3)11-12-43(18)22-6-7-23-27(16-22)42(4)39-30(23)24-8-10-28(44)37-32(24)46/h5-7,9,14,16-18,21,24H,8,10-13,15H2,1-4H3,(H,35,36,38)(H,37,44,46)/t18-,21-,24?/m1/s1. The van der Waals surface area contributed by atoms with Gasteiger partial charge in [0, 0.05) is 68.6 Å². The van der Waals surface area contributed by atoms with Crippen molar-refractivity contribution >= 4 is 69.1 Å². The number of imide groups is 1. The number of nitrogens with one attached hydrogen (secondary N) is 2. The SMILES string of the molecule is C[C@@H]1C[C@H](N(C)c2ncc(Cl)c(Nc3ccc4c(c3)CC(=O)N4C)n2)CCN1c1ccc2c(C3CCC(=O)NC3=O)nn(C)c2c1. The minimum Gasteiger partial charge on any atom is -0.369 e. The van der Waals surface area contributed by atoms with Gasteiger partial charge in [-0.15, -0.1) is 0 Å². The van der Waals surface area contributed by atoms with Crippen LogP contribution in [0.2, 0.25) is 5.02 Å². The molecule has 0 spiro atoms. The normalized spacial score (nSPS) is 21.5. The maximum absolute atomic E-state index is 12.6. The maximum Gasteiger partial charge on any atom is 0.235 e. The minimum atomic E-state index is -0.427. The lowest BCUT2D eigenvalue weighted by molar-refractivity contribution is -0.134. The van der Waals surface area contributed by atoms with E-state index >= 15 is 0 Å². The molecule has 3 aliphatic rings.